The Bertz CT molecular complexity index is 1290. The Morgan fingerprint density at radius 3 is 2.48 bits per heavy atom. The third-order valence-electron chi connectivity index (χ3n) is 4.94. The number of carbonyl (C=O) groups excluding carboxylic acids is 1. The Morgan fingerprint density at radius 2 is 1.81 bits per heavy atom. The third kappa shape index (κ3) is 3.89. The number of aromatic nitrogens is 1. The van der Waals surface area contributed by atoms with Gasteiger partial charge in [0.25, 0.3) is 0 Å². The van der Waals surface area contributed by atoms with Crippen LogP contribution in [0.3, 0.4) is 0 Å². The lowest BCUT2D eigenvalue weighted by Crippen LogP contribution is -2.08. The molecule has 0 saturated heterocycles. The van der Waals surface area contributed by atoms with Crippen molar-refractivity contribution in [3.8, 4) is 17.6 Å². The van der Waals surface area contributed by atoms with Gasteiger partial charge in [-0.1, -0.05) is 30.3 Å². The molecule has 0 fully saturated rings. The van der Waals surface area contributed by atoms with Crippen molar-refractivity contribution < 1.29 is 14.3 Å². The molecule has 152 valence electrons. The Labute approximate surface area is 179 Å². The number of hydrogen-bond acceptors (Lipinski definition) is 6. The molecule has 0 saturated carbocycles. The second-order valence-electron chi connectivity index (χ2n) is 6.87. The fourth-order valence-electron chi connectivity index (χ4n) is 3.36. The molecule has 0 spiro atoms. The molecule has 6 nitrogen and oxygen atoms in total. The van der Waals surface area contributed by atoms with Gasteiger partial charge in [0.2, 0.25) is 0 Å². The molecule has 0 amide bonds. The van der Waals surface area contributed by atoms with E-state index in [-0.39, 0.29) is 11.5 Å². The summed E-state index contributed by atoms with van der Waals surface area (Å²) in [5.41, 5.74) is 9.15. The number of anilines is 1. The normalized spacial score (nSPS) is 10.5. The molecular formula is C25H19N3O3. The van der Waals surface area contributed by atoms with Gasteiger partial charge >= 0.3 is 0 Å². The summed E-state index contributed by atoms with van der Waals surface area (Å²) in [6, 6.07) is 21.7. The minimum atomic E-state index is -0.256. The van der Waals surface area contributed by atoms with Crippen LogP contribution in [0.5, 0.6) is 11.5 Å². The van der Waals surface area contributed by atoms with E-state index >= 15 is 0 Å². The van der Waals surface area contributed by atoms with E-state index in [1.807, 2.05) is 36.4 Å². The third-order valence-corrected chi connectivity index (χ3v) is 4.94. The first-order valence-corrected chi connectivity index (χ1v) is 9.59. The summed E-state index contributed by atoms with van der Waals surface area (Å²) >= 11 is 0. The number of carbonyl (C=O) groups is 1. The van der Waals surface area contributed by atoms with Gasteiger partial charge in [0, 0.05) is 10.9 Å². The highest BCUT2D eigenvalue weighted by Crippen LogP contribution is 2.38. The Balaban J connectivity index is 1.80. The molecule has 4 aromatic rings. The van der Waals surface area contributed by atoms with Crippen molar-refractivity contribution in [2.45, 2.75) is 6.61 Å². The first-order valence-electron chi connectivity index (χ1n) is 9.59. The van der Waals surface area contributed by atoms with E-state index in [2.05, 4.69) is 4.98 Å². The van der Waals surface area contributed by atoms with Crippen LogP contribution in [-0.4, -0.2) is 17.9 Å². The van der Waals surface area contributed by atoms with E-state index < -0.39 is 0 Å². The summed E-state index contributed by atoms with van der Waals surface area (Å²) in [4.78, 5) is 17.7. The van der Waals surface area contributed by atoms with Crippen LogP contribution in [0.15, 0.2) is 72.9 Å². The van der Waals surface area contributed by atoms with Crippen LogP contribution >= 0.6 is 0 Å². The zero-order valence-electron chi connectivity index (χ0n) is 16.8. The molecule has 0 bridgehead atoms. The molecule has 1 aromatic heterocycles. The van der Waals surface area contributed by atoms with Gasteiger partial charge in [-0.2, -0.15) is 5.26 Å². The lowest BCUT2D eigenvalue weighted by molar-refractivity contribution is 0.104. The number of pyridine rings is 1. The summed E-state index contributed by atoms with van der Waals surface area (Å²) in [6.07, 6.45) is 1.45. The zero-order chi connectivity index (χ0) is 21.8. The number of nitrogens with zero attached hydrogens (tertiary/aromatic N) is 2. The number of nitrogens with two attached hydrogens (primary N) is 1. The Hall–Kier alpha value is -4.37. The minimum absolute atomic E-state index is 0.256. The Kier molecular flexibility index (Phi) is 5.50. The maximum atomic E-state index is 13.3. The average molecular weight is 409 g/mol. The van der Waals surface area contributed by atoms with Crippen LogP contribution in [-0.2, 0) is 6.61 Å². The molecule has 0 aliphatic carbocycles. The van der Waals surface area contributed by atoms with E-state index in [9.17, 15) is 4.79 Å². The van der Waals surface area contributed by atoms with Crippen molar-refractivity contribution in [1.29, 1.82) is 5.26 Å². The molecule has 3 aromatic carbocycles. The number of ether oxygens (including phenoxy) is 2. The minimum Gasteiger partial charge on any atom is -0.493 e. The van der Waals surface area contributed by atoms with Gasteiger partial charge in [0.15, 0.2) is 17.3 Å². The van der Waals surface area contributed by atoms with Crippen LogP contribution in [0.1, 0.15) is 27.0 Å². The number of rotatable bonds is 6. The summed E-state index contributed by atoms with van der Waals surface area (Å²) in [5, 5.41) is 9.56. The van der Waals surface area contributed by atoms with Gasteiger partial charge < -0.3 is 15.2 Å². The molecule has 0 atom stereocenters. The number of methoxy groups -OCH3 is 1. The number of nitriles is 1. The second-order valence-corrected chi connectivity index (χ2v) is 6.87. The molecule has 0 aliphatic rings. The Morgan fingerprint density at radius 1 is 1.06 bits per heavy atom. The van der Waals surface area contributed by atoms with Crippen molar-refractivity contribution in [3.05, 3.63) is 95.2 Å². The van der Waals surface area contributed by atoms with Crippen LogP contribution in [0.4, 0.5) is 5.69 Å². The molecule has 4 rings (SSSR count). The number of hydrogen-bond donors (Lipinski definition) is 1. The first-order chi connectivity index (χ1) is 15.1. The van der Waals surface area contributed by atoms with Crippen LogP contribution < -0.4 is 15.2 Å². The van der Waals surface area contributed by atoms with E-state index in [1.165, 1.54) is 6.20 Å². The fraction of sp³-hybridized carbons (Fsp3) is 0.0800. The van der Waals surface area contributed by atoms with E-state index in [4.69, 9.17) is 20.5 Å². The van der Waals surface area contributed by atoms with Gasteiger partial charge in [-0.3, -0.25) is 4.79 Å². The van der Waals surface area contributed by atoms with Crippen molar-refractivity contribution in [1.82, 2.24) is 4.98 Å². The SMILES string of the molecule is COc1ccc2c(C(=O)c3ccc(C#N)cc3)c(N)cnc2c1OCc1ccccc1. The molecule has 0 unspecified atom stereocenters. The predicted octanol–water partition coefficient (Wildman–Crippen LogP) is 4.51. The molecule has 2 N–H and O–H groups in total. The smallest absolute Gasteiger partial charge is 0.195 e. The van der Waals surface area contributed by atoms with Crippen molar-refractivity contribution in [2.24, 2.45) is 0 Å². The highest BCUT2D eigenvalue weighted by Gasteiger charge is 2.21. The standard InChI is InChI=1S/C25H19N3O3/c1-30-21-12-11-19-22(24(29)18-9-7-16(13-26)8-10-18)20(27)14-28-23(19)25(21)31-15-17-5-3-2-4-6-17/h2-12,14H,15,27H2,1H3. The highest BCUT2D eigenvalue weighted by molar-refractivity contribution is 6.19. The van der Waals surface area contributed by atoms with Gasteiger partial charge in [0.1, 0.15) is 12.1 Å². The first kappa shape index (κ1) is 19.9. The highest BCUT2D eigenvalue weighted by atomic mass is 16.5. The number of ketones is 1. The zero-order valence-corrected chi connectivity index (χ0v) is 16.8. The summed E-state index contributed by atoms with van der Waals surface area (Å²) in [6.45, 7) is 0.321. The quantitative estimate of drug-likeness (QED) is 0.471. The molecule has 0 aliphatic heterocycles. The summed E-state index contributed by atoms with van der Waals surface area (Å²) in [7, 11) is 1.55. The lowest BCUT2D eigenvalue weighted by atomic mass is 9.97. The van der Waals surface area contributed by atoms with Gasteiger partial charge in [-0.15, -0.1) is 0 Å². The largest absolute Gasteiger partial charge is 0.493 e. The van der Waals surface area contributed by atoms with Crippen LogP contribution in [0, 0.1) is 11.3 Å². The van der Waals surface area contributed by atoms with E-state index in [0.29, 0.717) is 45.7 Å². The maximum absolute atomic E-state index is 13.3. The van der Waals surface area contributed by atoms with E-state index in [1.54, 1.807) is 43.5 Å². The van der Waals surface area contributed by atoms with Gasteiger partial charge in [-0.05, 0) is 42.0 Å². The molecule has 1 heterocycles. The molecule has 6 heteroatoms. The van der Waals surface area contributed by atoms with Crippen molar-refractivity contribution >= 4 is 22.4 Å². The topological polar surface area (TPSA) is 98.2 Å². The molecule has 0 radical (unpaired) electrons. The lowest BCUT2D eigenvalue weighted by Gasteiger charge is -2.15. The number of fused-ring (bicyclic) bond motifs is 1. The average Bonchev–Trinajstić information content (AvgIpc) is 2.82. The molecular weight excluding hydrogens is 390 g/mol. The predicted molar refractivity (Wildman–Crippen MR) is 118 cm³/mol. The van der Waals surface area contributed by atoms with Crippen LogP contribution in [0.25, 0.3) is 10.9 Å². The van der Waals surface area contributed by atoms with Gasteiger partial charge in [-0.25, -0.2) is 4.98 Å². The molecule has 31 heavy (non-hydrogen) atoms. The monoisotopic (exact) mass is 409 g/mol. The summed E-state index contributed by atoms with van der Waals surface area (Å²) in [5.74, 6) is 0.698. The van der Waals surface area contributed by atoms with Crippen molar-refractivity contribution in [2.75, 3.05) is 12.8 Å². The maximum Gasteiger partial charge on any atom is 0.195 e. The second kappa shape index (κ2) is 8.56. The van der Waals surface area contributed by atoms with Crippen molar-refractivity contribution in [3.63, 3.8) is 0 Å². The summed E-state index contributed by atoms with van der Waals surface area (Å²) < 4.78 is 11.5. The number of benzene rings is 3. The van der Waals surface area contributed by atoms with Crippen LogP contribution in [0.2, 0.25) is 0 Å². The van der Waals surface area contributed by atoms with E-state index in [0.717, 1.165) is 5.56 Å². The number of nitrogen functional groups attached to an aromatic ring is 1. The fourth-order valence-corrected chi connectivity index (χ4v) is 3.36. The van der Waals surface area contributed by atoms with Gasteiger partial charge in [0.05, 0.1) is 36.2 Å².